The summed E-state index contributed by atoms with van der Waals surface area (Å²) >= 11 is 12.4. The van der Waals surface area contributed by atoms with Crippen LogP contribution in [-0.2, 0) is 14.3 Å². The van der Waals surface area contributed by atoms with Crippen LogP contribution in [-0.4, -0.2) is 53.2 Å². The highest BCUT2D eigenvalue weighted by molar-refractivity contribution is 6.46. The molecule has 9 heteroatoms. The Bertz CT molecular complexity index is 1070. The summed E-state index contributed by atoms with van der Waals surface area (Å²) in [6, 6.07) is 8.11. The smallest absolute Gasteiger partial charge is 0.295 e. The van der Waals surface area contributed by atoms with Crippen LogP contribution in [0.1, 0.15) is 30.0 Å². The Hall–Kier alpha value is -2.74. The lowest BCUT2D eigenvalue weighted by Crippen LogP contribution is -2.36. The minimum absolute atomic E-state index is 0.0403. The predicted molar refractivity (Wildman–Crippen MR) is 119 cm³/mol. The molecular formula is C23H21Cl2NO6. The number of Topliss-reactive ketones (excluding diaryl/α,β-unsaturated/α-hetero) is 1. The number of aromatic hydroxyl groups is 1. The molecule has 2 aromatic carbocycles. The number of ether oxygens (including phenoxy) is 2. The van der Waals surface area contributed by atoms with Gasteiger partial charge in [-0.05, 0) is 42.7 Å². The molecule has 2 atom stereocenters. The number of carbonyl (C=O) groups excluding carboxylic acids is 2. The zero-order chi connectivity index (χ0) is 23.0. The number of amides is 1. The number of ketones is 1. The average Bonchev–Trinajstić information content (AvgIpc) is 3.36. The van der Waals surface area contributed by atoms with Crippen LogP contribution in [0.4, 0.5) is 0 Å². The van der Waals surface area contributed by atoms with E-state index in [0.717, 1.165) is 12.8 Å². The largest absolute Gasteiger partial charge is 0.508 e. The topological polar surface area (TPSA) is 96.3 Å². The number of benzene rings is 2. The number of nitrogens with zero attached hydrogens (tertiary/aromatic N) is 1. The maximum Gasteiger partial charge on any atom is 0.295 e. The van der Waals surface area contributed by atoms with Crippen LogP contribution in [0.2, 0.25) is 10.0 Å². The van der Waals surface area contributed by atoms with Gasteiger partial charge in [0.2, 0.25) is 0 Å². The summed E-state index contributed by atoms with van der Waals surface area (Å²) in [6.07, 6.45) is 1.45. The molecule has 0 aromatic heterocycles. The first kappa shape index (κ1) is 22.5. The first-order valence-corrected chi connectivity index (χ1v) is 10.8. The van der Waals surface area contributed by atoms with E-state index in [0.29, 0.717) is 12.2 Å². The van der Waals surface area contributed by atoms with E-state index < -0.39 is 23.5 Å². The highest BCUT2D eigenvalue weighted by Gasteiger charge is 2.47. The molecule has 0 radical (unpaired) electrons. The van der Waals surface area contributed by atoms with Crippen LogP contribution >= 0.6 is 23.2 Å². The molecular weight excluding hydrogens is 457 g/mol. The number of carbonyl (C=O) groups is 2. The molecule has 2 aromatic rings. The van der Waals surface area contributed by atoms with Gasteiger partial charge in [-0.1, -0.05) is 35.3 Å². The molecule has 7 nitrogen and oxygen atoms in total. The second kappa shape index (κ2) is 9.02. The van der Waals surface area contributed by atoms with Crippen molar-refractivity contribution in [2.75, 3.05) is 20.3 Å². The molecule has 32 heavy (non-hydrogen) atoms. The second-order valence-corrected chi connectivity index (χ2v) is 8.47. The van der Waals surface area contributed by atoms with Gasteiger partial charge in [-0.2, -0.15) is 0 Å². The van der Waals surface area contributed by atoms with Crippen LogP contribution in [0.3, 0.4) is 0 Å². The lowest BCUT2D eigenvalue weighted by Gasteiger charge is -2.27. The molecule has 168 valence electrons. The first-order chi connectivity index (χ1) is 15.3. The van der Waals surface area contributed by atoms with Gasteiger partial charge in [-0.3, -0.25) is 9.59 Å². The molecule has 1 amide bonds. The fourth-order valence-electron chi connectivity index (χ4n) is 4.13. The molecule has 2 N–H and O–H groups in total. The number of hydrogen-bond donors (Lipinski definition) is 2. The van der Waals surface area contributed by atoms with E-state index in [1.54, 1.807) is 12.1 Å². The third kappa shape index (κ3) is 4.03. The summed E-state index contributed by atoms with van der Waals surface area (Å²) in [5.41, 5.74) is 0.655. The summed E-state index contributed by atoms with van der Waals surface area (Å²) in [7, 11) is 1.41. The molecule has 2 aliphatic heterocycles. The van der Waals surface area contributed by atoms with Gasteiger partial charge >= 0.3 is 0 Å². The summed E-state index contributed by atoms with van der Waals surface area (Å²) in [4.78, 5) is 27.4. The molecule has 0 aliphatic carbocycles. The highest BCUT2D eigenvalue weighted by Crippen LogP contribution is 2.42. The molecule has 2 saturated heterocycles. The molecule has 2 unspecified atom stereocenters. The standard InChI is InChI=1S/C23H21Cl2NO6/c1-31-22-16(24)9-13(10-17(22)25)20(28)18-19(12-4-6-14(27)7-5-12)26(23(30)21(18)29)11-15-3-2-8-32-15/h4-7,9-10,15,19,27-28H,2-3,8,11H2,1H3/b20-18+. The number of phenolic OH excluding ortho intramolecular Hbond substituents is 1. The van der Waals surface area contributed by atoms with Crippen molar-refractivity contribution >= 4 is 40.7 Å². The minimum Gasteiger partial charge on any atom is -0.508 e. The van der Waals surface area contributed by atoms with Crippen molar-refractivity contribution in [3.63, 3.8) is 0 Å². The number of rotatable bonds is 5. The van der Waals surface area contributed by atoms with Gasteiger partial charge in [-0.25, -0.2) is 0 Å². The number of hydrogen-bond acceptors (Lipinski definition) is 6. The van der Waals surface area contributed by atoms with Gasteiger partial charge < -0.3 is 24.6 Å². The van der Waals surface area contributed by atoms with Crippen LogP contribution in [0.15, 0.2) is 42.0 Å². The minimum atomic E-state index is -0.862. The first-order valence-electron chi connectivity index (χ1n) is 10.0. The van der Waals surface area contributed by atoms with E-state index in [1.807, 2.05) is 0 Å². The van der Waals surface area contributed by atoms with E-state index in [4.69, 9.17) is 32.7 Å². The number of aliphatic hydroxyl groups excluding tert-OH is 1. The van der Waals surface area contributed by atoms with E-state index in [-0.39, 0.29) is 45.3 Å². The Morgan fingerprint density at radius 1 is 1.19 bits per heavy atom. The van der Waals surface area contributed by atoms with Crippen molar-refractivity contribution < 1.29 is 29.3 Å². The molecule has 0 spiro atoms. The van der Waals surface area contributed by atoms with Crippen molar-refractivity contribution in [1.82, 2.24) is 4.90 Å². The molecule has 2 fully saturated rings. The SMILES string of the molecule is COc1c(Cl)cc(/C(O)=C2\C(=O)C(=O)N(CC3CCCO3)C2c2ccc(O)cc2)cc1Cl. The van der Waals surface area contributed by atoms with E-state index in [1.165, 1.54) is 36.3 Å². The Kier molecular flexibility index (Phi) is 6.33. The van der Waals surface area contributed by atoms with Gasteiger partial charge in [0, 0.05) is 18.7 Å². The zero-order valence-corrected chi connectivity index (χ0v) is 18.7. The molecule has 0 saturated carbocycles. The van der Waals surface area contributed by atoms with Gasteiger partial charge in [0.25, 0.3) is 11.7 Å². The maximum atomic E-state index is 13.1. The van der Waals surface area contributed by atoms with E-state index in [2.05, 4.69) is 0 Å². The van der Waals surface area contributed by atoms with Gasteiger partial charge in [0.1, 0.15) is 11.5 Å². The summed E-state index contributed by atoms with van der Waals surface area (Å²) in [6.45, 7) is 0.804. The lowest BCUT2D eigenvalue weighted by molar-refractivity contribution is -0.140. The highest BCUT2D eigenvalue weighted by atomic mass is 35.5. The lowest BCUT2D eigenvalue weighted by atomic mass is 9.95. The van der Waals surface area contributed by atoms with Crippen LogP contribution in [0.5, 0.6) is 11.5 Å². The van der Waals surface area contributed by atoms with Crippen molar-refractivity contribution in [3.05, 3.63) is 63.1 Å². The van der Waals surface area contributed by atoms with E-state index >= 15 is 0 Å². The summed E-state index contributed by atoms with van der Waals surface area (Å²) < 4.78 is 10.8. The van der Waals surface area contributed by atoms with Crippen molar-refractivity contribution in [3.8, 4) is 11.5 Å². The van der Waals surface area contributed by atoms with Crippen molar-refractivity contribution in [2.24, 2.45) is 0 Å². The predicted octanol–water partition coefficient (Wildman–Crippen LogP) is 4.31. The Labute approximate surface area is 194 Å². The quantitative estimate of drug-likeness (QED) is 0.378. The number of methoxy groups -OCH3 is 1. The normalized spacial score (nSPS) is 22.5. The number of aliphatic hydroxyl groups is 1. The van der Waals surface area contributed by atoms with Crippen molar-refractivity contribution in [1.29, 1.82) is 0 Å². The van der Waals surface area contributed by atoms with E-state index in [9.17, 15) is 19.8 Å². The maximum absolute atomic E-state index is 13.1. The zero-order valence-electron chi connectivity index (χ0n) is 17.2. The fraction of sp³-hybridized carbons (Fsp3) is 0.304. The summed E-state index contributed by atoms with van der Waals surface area (Å²) in [5.74, 6) is -1.67. The van der Waals surface area contributed by atoms with Gasteiger partial charge in [0.05, 0.1) is 34.9 Å². The summed E-state index contributed by atoms with van der Waals surface area (Å²) in [5, 5.41) is 21.1. The number of phenols is 1. The molecule has 2 aliphatic rings. The van der Waals surface area contributed by atoms with Gasteiger partial charge in [0.15, 0.2) is 5.75 Å². The molecule has 4 rings (SSSR count). The molecule has 0 bridgehead atoms. The van der Waals surface area contributed by atoms with Crippen LogP contribution < -0.4 is 4.74 Å². The fourth-order valence-corrected chi connectivity index (χ4v) is 4.77. The number of halogens is 2. The number of likely N-dealkylation sites (tertiary alicyclic amines) is 1. The third-order valence-electron chi connectivity index (χ3n) is 5.65. The Balaban J connectivity index is 1.85. The Morgan fingerprint density at radius 3 is 2.41 bits per heavy atom. The Morgan fingerprint density at radius 2 is 1.84 bits per heavy atom. The average molecular weight is 478 g/mol. The van der Waals surface area contributed by atoms with Crippen LogP contribution in [0, 0.1) is 0 Å². The third-order valence-corrected chi connectivity index (χ3v) is 6.21. The van der Waals surface area contributed by atoms with Crippen LogP contribution in [0.25, 0.3) is 5.76 Å². The monoisotopic (exact) mass is 477 g/mol. The van der Waals surface area contributed by atoms with Gasteiger partial charge in [-0.15, -0.1) is 0 Å². The molecule has 2 heterocycles. The second-order valence-electron chi connectivity index (χ2n) is 7.65. The van der Waals surface area contributed by atoms with Crippen molar-refractivity contribution in [2.45, 2.75) is 25.0 Å².